The van der Waals surface area contributed by atoms with E-state index in [-0.39, 0.29) is 29.5 Å². The van der Waals surface area contributed by atoms with Gasteiger partial charge in [0.1, 0.15) is 0 Å². The van der Waals surface area contributed by atoms with E-state index >= 15 is 0 Å². The molecule has 1 N–H and O–H groups in total. The topological polar surface area (TPSA) is 66.5 Å². The fourth-order valence-electron chi connectivity index (χ4n) is 3.37. The molecule has 5 nitrogen and oxygen atoms in total. The zero-order valence-electron chi connectivity index (χ0n) is 12.5. The van der Waals surface area contributed by atoms with Crippen LogP contribution in [-0.4, -0.2) is 55.9 Å². The van der Waals surface area contributed by atoms with Gasteiger partial charge < -0.3 is 5.32 Å². The van der Waals surface area contributed by atoms with Crippen LogP contribution in [0, 0.1) is 0 Å². The van der Waals surface area contributed by atoms with Crippen molar-refractivity contribution in [3.63, 3.8) is 0 Å². The first-order chi connectivity index (χ1) is 10.5. The lowest BCUT2D eigenvalue weighted by molar-refractivity contribution is -0.121. The van der Waals surface area contributed by atoms with Crippen molar-refractivity contribution >= 4 is 27.1 Å². The molecule has 2 fully saturated rings. The summed E-state index contributed by atoms with van der Waals surface area (Å²) >= 11 is 1.62. The second kappa shape index (κ2) is 6.68. The number of sulfone groups is 1. The molecule has 3 heterocycles. The molecule has 2 aliphatic rings. The van der Waals surface area contributed by atoms with Gasteiger partial charge in [0.25, 0.3) is 0 Å². The average Bonchev–Trinajstić information content (AvgIpc) is 3.17. The van der Waals surface area contributed by atoms with Crippen LogP contribution in [0.1, 0.15) is 24.8 Å². The molecule has 0 radical (unpaired) electrons. The monoisotopic (exact) mass is 342 g/mol. The van der Waals surface area contributed by atoms with Crippen LogP contribution < -0.4 is 5.32 Å². The minimum Gasteiger partial charge on any atom is -0.351 e. The molecule has 0 aliphatic carbocycles. The van der Waals surface area contributed by atoms with Crippen molar-refractivity contribution in [2.24, 2.45) is 0 Å². The number of nitrogens with one attached hydrogen (secondary N) is 1. The molecule has 2 atom stereocenters. The Kier molecular flexibility index (Phi) is 4.84. The highest BCUT2D eigenvalue weighted by atomic mass is 32.2. The normalized spacial score (nSPS) is 28.0. The second-order valence-corrected chi connectivity index (χ2v) is 9.13. The predicted molar refractivity (Wildman–Crippen MR) is 87.8 cm³/mol. The lowest BCUT2D eigenvalue weighted by atomic mass is 10.1. The third-order valence-electron chi connectivity index (χ3n) is 4.50. The summed E-state index contributed by atoms with van der Waals surface area (Å²) in [4.78, 5) is 14.4. The Morgan fingerprint density at radius 2 is 2.09 bits per heavy atom. The van der Waals surface area contributed by atoms with E-state index < -0.39 is 9.84 Å². The van der Waals surface area contributed by atoms with Crippen molar-refractivity contribution in [1.29, 1.82) is 0 Å². The van der Waals surface area contributed by atoms with E-state index in [1.165, 1.54) is 0 Å². The summed E-state index contributed by atoms with van der Waals surface area (Å²) in [5.74, 6) is 0.221. The van der Waals surface area contributed by atoms with Crippen molar-refractivity contribution in [1.82, 2.24) is 10.2 Å². The van der Waals surface area contributed by atoms with Gasteiger partial charge in [-0.05, 0) is 54.7 Å². The van der Waals surface area contributed by atoms with Gasteiger partial charge in [0.2, 0.25) is 5.91 Å². The number of nitrogens with zero attached hydrogens (tertiary/aromatic N) is 1. The van der Waals surface area contributed by atoms with Crippen molar-refractivity contribution in [3.05, 3.63) is 22.4 Å². The Hall–Kier alpha value is -0.920. The molecule has 3 rings (SSSR count). The average molecular weight is 342 g/mol. The highest BCUT2D eigenvalue weighted by molar-refractivity contribution is 7.91. The molecule has 1 aromatic rings. The van der Waals surface area contributed by atoms with Crippen molar-refractivity contribution < 1.29 is 13.2 Å². The fraction of sp³-hybridized carbons (Fsp3) is 0.667. The summed E-state index contributed by atoms with van der Waals surface area (Å²) < 4.78 is 23.9. The quantitative estimate of drug-likeness (QED) is 0.869. The Labute approximate surface area is 135 Å². The smallest absolute Gasteiger partial charge is 0.220 e. The lowest BCUT2D eigenvalue weighted by Crippen LogP contribution is -2.50. The van der Waals surface area contributed by atoms with Gasteiger partial charge in [-0.1, -0.05) is 0 Å². The molecule has 1 amide bonds. The Balaban J connectivity index is 1.57. The van der Waals surface area contributed by atoms with Gasteiger partial charge in [0.05, 0.1) is 17.5 Å². The van der Waals surface area contributed by atoms with Crippen LogP contribution in [0.2, 0.25) is 0 Å². The molecule has 0 aromatic carbocycles. The SMILES string of the molecule is O=C(CCc1ccsc1)N[C@@H]1CS(=O)(=O)C[C@@H]1N1CCCC1. The van der Waals surface area contributed by atoms with Crippen LogP contribution in [0.4, 0.5) is 0 Å². The fourth-order valence-corrected chi connectivity index (χ4v) is 6.03. The lowest BCUT2D eigenvalue weighted by Gasteiger charge is -2.28. The Morgan fingerprint density at radius 1 is 1.32 bits per heavy atom. The van der Waals surface area contributed by atoms with E-state index in [9.17, 15) is 13.2 Å². The number of thiophene rings is 1. The summed E-state index contributed by atoms with van der Waals surface area (Å²) in [5, 5.41) is 7.01. The van der Waals surface area contributed by atoms with Crippen LogP contribution in [0.5, 0.6) is 0 Å². The van der Waals surface area contributed by atoms with E-state index in [0.29, 0.717) is 12.8 Å². The van der Waals surface area contributed by atoms with E-state index in [1.54, 1.807) is 11.3 Å². The molecule has 22 heavy (non-hydrogen) atoms. The molecular weight excluding hydrogens is 320 g/mol. The summed E-state index contributed by atoms with van der Waals surface area (Å²) in [6, 6.07) is 1.72. The Morgan fingerprint density at radius 3 is 2.77 bits per heavy atom. The number of carbonyl (C=O) groups is 1. The van der Waals surface area contributed by atoms with Gasteiger partial charge >= 0.3 is 0 Å². The number of aryl methyl sites for hydroxylation is 1. The first-order valence-electron chi connectivity index (χ1n) is 7.78. The Bertz CT molecular complexity index is 607. The van der Waals surface area contributed by atoms with Gasteiger partial charge in [-0.15, -0.1) is 0 Å². The largest absolute Gasteiger partial charge is 0.351 e. The van der Waals surface area contributed by atoms with Crippen molar-refractivity contribution in [3.8, 4) is 0 Å². The number of amides is 1. The molecule has 0 bridgehead atoms. The summed E-state index contributed by atoms with van der Waals surface area (Å²) in [6.07, 6.45) is 3.37. The second-order valence-electron chi connectivity index (χ2n) is 6.19. The van der Waals surface area contributed by atoms with E-state index in [1.807, 2.05) is 16.8 Å². The highest BCUT2D eigenvalue weighted by Crippen LogP contribution is 2.22. The summed E-state index contributed by atoms with van der Waals surface area (Å²) in [7, 11) is -3.04. The summed E-state index contributed by atoms with van der Waals surface area (Å²) in [6.45, 7) is 1.89. The molecule has 0 spiro atoms. The maximum absolute atomic E-state index is 12.1. The van der Waals surface area contributed by atoms with Crippen LogP contribution in [0.25, 0.3) is 0 Å². The number of hydrogen-bond acceptors (Lipinski definition) is 5. The molecule has 0 saturated carbocycles. The first-order valence-corrected chi connectivity index (χ1v) is 10.5. The zero-order chi connectivity index (χ0) is 15.6. The number of carbonyl (C=O) groups excluding carboxylic acids is 1. The van der Waals surface area contributed by atoms with E-state index in [0.717, 1.165) is 31.5 Å². The predicted octanol–water partition coefficient (Wildman–Crippen LogP) is 1.06. The molecule has 122 valence electrons. The van der Waals surface area contributed by atoms with Crippen LogP contribution in [0.15, 0.2) is 16.8 Å². The molecule has 0 unspecified atom stereocenters. The van der Waals surface area contributed by atoms with Crippen LogP contribution >= 0.6 is 11.3 Å². The number of rotatable bonds is 5. The van der Waals surface area contributed by atoms with E-state index in [2.05, 4.69) is 10.2 Å². The van der Waals surface area contributed by atoms with Crippen molar-refractivity contribution in [2.75, 3.05) is 24.6 Å². The highest BCUT2D eigenvalue weighted by Gasteiger charge is 2.42. The third kappa shape index (κ3) is 3.88. The van der Waals surface area contributed by atoms with Crippen LogP contribution in [-0.2, 0) is 21.1 Å². The molecule has 7 heteroatoms. The van der Waals surface area contributed by atoms with Crippen molar-refractivity contribution in [2.45, 2.75) is 37.8 Å². The zero-order valence-corrected chi connectivity index (χ0v) is 14.2. The molecule has 1 aromatic heterocycles. The van der Waals surface area contributed by atoms with Gasteiger partial charge in [0, 0.05) is 12.5 Å². The van der Waals surface area contributed by atoms with Crippen LogP contribution in [0.3, 0.4) is 0 Å². The molecular formula is C15H22N2O3S2. The molecule has 2 saturated heterocycles. The summed E-state index contributed by atoms with van der Waals surface area (Å²) in [5.41, 5.74) is 1.16. The van der Waals surface area contributed by atoms with Gasteiger partial charge in [-0.25, -0.2) is 8.42 Å². The van der Waals surface area contributed by atoms with Gasteiger partial charge in [-0.3, -0.25) is 9.69 Å². The standard InChI is InChI=1S/C15H22N2O3S2/c18-15(4-3-12-5-8-21-9-12)16-13-10-22(19,20)11-14(13)17-6-1-2-7-17/h5,8-9,13-14H,1-4,6-7,10-11H2,(H,16,18)/t13-,14+/m1/s1. The first kappa shape index (κ1) is 16.0. The number of likely N-dealkylation sites (tertiary alicyclic amines) is 1. The maximum atomic E-state index is 12.1. The minimum atomic E-state index is -3.04. The van der Waals surface area contributed by atoms with Gasteiger partial charge in [-0.2, -0.15) is 11.3 Å². The minimum absolute atomic E-state index is 0.0439. The third-order valence-corrected chi connectivity index (χ3v) is 6.95. The van der Waals surface area contributed by atoms with E-state index in [4.69, 9.17) is 0 Å². The maximum Gasteiger partial charge on any atom is 0.220 e. The number of hydrogen-bond donors (Lipinski definition) is 1. The molecule has 2 aliphatic heterocycles. The van der Waals surface area contributed by atoms with Gasteiger partial charge in [0.15, 0.2) is 9.84 Å².